The second-order valence-electron chi connectivity index (χ2n) is 8.76. The minimum absolute atomic E-state index is 0.0708. The number of hydrogen-bond donors (Lipinski definition) is 1. The number of aliphatic hydroxyl groups excluding tert-OH is 1. The summed E-state index contributed by atoms with van der Waals surface area (Å²) < 4.78 is 10.9. The van der Waals surface area contributed by atoms with Crippen molar-refractivity contribution in [2.24, 2.45) is 0 Å². The van der Waals surface area contributed by atoms with Crippen LogP contribution < -0.4 is 4.74 Å². The summed E-state index contributed by atoms with van der Waals surface area (Å²) in [5, 5.41) is 11.2. The number of amides is 1. The smallest absolute Gasteiger partial charge is 0.295 e. The van der Waals surface area contributed by atoms with Crippen molar-refractivity contribution in [3.8, 4) is 5.75 Å². The van der Waals surface area contributed by atoms with Crippen LogP contribution in [-0.4, -0.2) is 48.1 Å². The van der Waals surface area contributed by atoms with Gasteiger partial charge in [0.05, 0.1) is 18.2 Å². The fourth-order valence-corrected chi connectivity index (χ4v) is 4.43. The summed E-state index contributed by atoms with van der Waals surface area (Å²) in [5.41, 5.74) is 3.54. The summed E-state index contributed by atoms with van der Waals surface area (Å²) in [4.78, 5) is 27.5. The normalized spacial score (nSPS) is 21.8. The van der Waals surface area contributed by atoms with E-state index in [1.807, 2.05) is 37.3 Å². The molecular formula is C26H29NO5. The fraction of sp³-hybridized carbons (Fsp3) is 0.385. The van der Waals surface area contributed by atoms with E-state index >= 15 is 0 Å². The van der Waals surface area contributed by atoms with Gasteiger partial charge in [0.1, 0.15) is 17.6 Å². The van der Waals surface area contributed by atoms with Crippen LogP contribution in [0.15, 0.2) is 48.0 Å². The Morgan fingerprint density at radius 3 is 2.56 bits per heavy atom. The lowest BCUT2D eigenvalue weighted by Gasteiger charge is -2.25. The molecule has 0 unspecified atom stereocenters. The number of ether oxygens (including phenoxy) is 2. The van der Waals surface area contributed by atoms with E-state index in [4.69, 9.17) is 9.47 Å². The van der Waals surface area contributed by atoms with Crippen LogP contribution in [0, 0.1) is 0 Å². The van der Waals surface area contributed by atoms with Gasteiger partial charge in [0.25, 0.3) is 11.7 Å². The van der Waals surface area contributed by atoms with Crippen molar-refractivity contribution in [3.05, 3.63) is 70.3 Å². The molecule has 0 radical (unpaired) electrons. The van der Waals surface area contributed by atoms with Gasteiger partial charge in [0, 0.05) is 25.6 Å². The molecule has 0 aliphatic carbocycles. The van der Waals surface area contributed by atoms with Crippen molar-refractivity contribution >= 4 is 17.4 Å². The highest BCUT2D eigenvalue weighted by Gasteiger charge is 2.46. The van der Waals surface area contributed by atoms with Gasteiger partial charge in [0.2, 0.25) is 0 Å². The molecule has 1 N–H and O–H groups in total. The lowest BCUT2D eigenvalue weighted by atomic mass is 9.92. The summed E-state index contributed by atoms with van der Waals surface area (Å²) in [6.45, 7) is 6.75. The van der Waals surface area contributed by atoms with Gasteiger partial charge in [-0.25, -0.2) is 0 Å². The summed E-state index contributed by atoms with van der Waals surface area (Å²) >= 11 is 0. The number of ketones is 1. The molecule has 32 heavy (non-hydrogen) atoms. The molecule has 2 aromatic carbocycles. The van der Waals surface area contributed by atoms with Crippen molar-refractivity contribution in [1.29, 1.82) is 0 Å². The lowest BCUT2D eigenvalue weighted by Crippen LogP contribution is -2.32. The number of likely N-dealkylation sites (tertiary alicyclic amines) is 1. The van der Waals surface area contributed by atoms with Gasteiger partial charge >= 0.3 is 0 Å². The van der Waals surface area contributed by atoms with Crippen molar-refractivity contribution < 1.29 is 24.2 Å². The maximum absolute atomic E-state index is 13.1. The molecule has 2 atom stereocenters. The second-order valence-corrected chi connectivity index (χ2v) is 8.76. The number of Topliss-reactive ketones (excluding diaryl/α,β-unsaturated/α-hetero) is 1. The molecule has 168 valence electrons. The molecule has 2 heterocycles. The first kappa shape index (κ1) is 22.1. The molecule has 6 nitrogen and oxygen atoms in total. The lowest BCUT2D eigenvalue weighted by molar-refractivity contribution is -0.140. The number of methoxy groups -OCH3 is 1. The molecule has 0 bridgehead atoms. The number of carbonyl (C=O) groups excluding carboxylic acids is 2. The molecule has 1 fully saturated rings. The predicted octanol–water partition coefficient (Wildman–Crippen LogP) is 4.20. The van der Waals surface area contributed by atoms with Crippen molar-refractivity contribution in [1.82, 2.24) is 4.90 Å². The average molecular weight is 436 g/mol. The van der Waals surface area contributed by atoms with Crippen molar-refractivity contribution in [2.45, 2.75) is 45.3 Å². The molecule has 4 rings (SSSR count). The van der Waals surface area contributed by atoms with E-state index < -0.39 is 17.7 Å². The van der Waals surface area contributed by atoms with Gasteiger partial charge in [-0.1, -0.05) is 38.1 Å². The number of hydrogen-bond acceptors (Lipinski definition) is 5. The van der Waals surface area contributed by atoms with Gasteiger partial charge in [-0.3, -0.25) is 9.59 Å². The third-order valence-electron chi connectivity index (χ3n) is 6.16. The third-order valence-corrected chi connectivity index (χ3v) is 6.16. The van der Waals surface area contributed by atoms with E-state index in [9.17, 15) is 14.7 Å². The Kier molecular flexibility index (Phi) is 6.07. The van der Waals surface area contributed by atoms with Crippen LogP contribution in [0.25, 0.3) is 5.76 Å². The summed E-state index contributed by atoms with van der Waals surface area (Å²) in [6.07, 6.45) is 0.806. The Labute approximate surface area is 188 Å². The first-order chi connectivity index (χ1) is 15.3. The largest absolute Gasteiger partial charge is 0.507 e. The maximum Gasteiger partial charge on any atom is 0.295 e. The van der Waals surface area contributed by atoms with Crippen LogP contribution >= 0.6 is 0 Å². The molecule has 0 spiro atoms. The first-order valence-electron chi connectivity index (χ1n) is 11.0. The molecule has 1 amide bonds. The topological polar surface area (TPSA) is 76.1 Å². The minimum Gasteiger partial charge on any atom is -0.507 e. The quantitative estimate of drug-likeness (QED) is 0.418. The van der Waals surface area contributed by atoms with E-state index in [-0.39, 0.29) is 24.0 Å². The zero-order valence-corrected chi connectivity index (χ0v) is 18.9. The van der Waals surface area contributed by atoms with Crippen LogP contribution in [0.2, 0.25) is 0 Å². The summed E-state index contributed by atoms with van der Waals surface area (Å²) in [5.74, 6) is -0.319. The van der Waals surface area contributed by atoms with Gasteiger partial charge < -0.3 is 19.5 Å². The Bertz CT molecular complexity index is 1070. The van der Waals surface area contributed by atoms with Gasteiger partial charge in [-0.15, -0.1) is 0 Å². The fourth-order valence-electron chi connectivity index (χ4n) is 4.43. The highest BCUT2D eigenvalue weighted by molar-refractivity contribution is 6.46. The van der Waals surface area contributed by atoms with Crippen LogP contribution in [0.3, 0.4) is 0 Å². The van der Waals surface area contributed by atoms with Gasteiger partial charge in [-0.05, 0) is 47.7 Å². The Balaban J connectivity index is 1.81. The number of aliphatic hydroxyl groups is 1. The molecule has 0 saturated carbocycles. The Hall–Kier alpha value is -3.12. The van der Waals surface area contributed by atoms with Gasteiger partial charge in [-0.2, -0.15) is 0 Å². The second kappa shape index (κ2) is 8.79. The van der Waals surface area contributed by atoms with Crippen LogP contribution in [-0.2, 0) is 20.7 Å². The Morgan fingerprint density at radius 2 is 1.91 bits per heavy atom. The van der Waals surface area contributed by atoms with Crippen LogP contribution in [0.4, 0.5) is 0 Å². The SMILES string of the molecule is COCCN1C(=O)C(=O)C(=C(O)c2ccc3c(c2)C[C@H](C)O3)[C@@H]1c1ccc(C(C)C)cc1. The summed E-state index contributed by atoms with van der Waals surface area (Å²) in [7, 11) is 1.55. The van der Waals surface area contributed by atoms with E-state index in [1.165, 1.54) is 4.90 Å². The predicted molar refractivity (Wildman–Crippen MR) is 122 cm³/mol. The Morgan fingerprint density at radius 1 is 1.19 bits per heavy atom. The van der Waals surface area contributed by atoms with E-state index in [0.717, 1.165) is 28.9 Å². The first-order valence-corrected chi connectivity index (χ1v) is 11.0. The minimum atomic E-state index is -0.679. The highest BCUT2D eigenvalue weighted by Crippen LogP contribution is 2.40. The molecule has 6 heteroatoms. The number of benzene rings is 2. The molecule has 0 aromatic heterocycles. The third kappa shape index (κ3) is 3.91. The van der Waals surface area contributed by atoms with Crippen LogP contribution in [0.5, 0.6) is 5.75 Å². The number of nitrogens with zero attached hydrogens (tertiary/aromatic N) is 1. The average Bonchev–Trinajstić information content (AvgIpc) is 3.27. The zero-order valence-electron chi connectivity index (χ0n) is 18.9. The number of fused-ring (bicyclic) bond motifs is 1. The van der Waals surface area contributed by atoms with E-state index in [0.29, 0.717) is 18.1 Å². The molecule has 2 aliphatic heterocycles. The maximum atomic E-state index is 13.1. The van der Waals surface area contributed by atoms with Crippen molar-refractivity contribution in [2.75, 3.05) is 20.3 Å². The molecule has 1 saturated heterocycles. The van der Waals surface area contributed by atoms with Crippen molar-refractivity contribution in [3.63, 3.8) is 0 Å². The standard InChI is InChI=1S/C26H29NO5/c1-15(2)17-5-7-18(8-6-17)23-22(25(29)26(30)27(23)11-12-31-4)24(28)19-9-10-21-20(14-19)13-16(3)32-21/h5-10,14-16,23,28H,11-13H2,1-4H3/t16-,23-/m0/s1. The molecular weight excluding hydrogens is 406 g/mol. The number of carbonyl (C=O) groups is 2. The summed E-state index contributed by atoms with van der Waals surface area (Å²) in [6, 6.07) is 12.6. The number of rotatable bonds is 6. The molecule has 2 aromatic rings. The van der Waals surface area contributed by atoms with Gasteiger partial charge in [0.15, 0.2) is 0 Å². The van der Waals surface area contributed by atoms with Crippen LogP contribution in [0.1, 0.15) is 55.0 Å². The zero-order chi connectivity index (χ0) is 23.0. The van der Waals surface area contributed by atoms with E-state index in [1.54, 1.807) is 19.2 Å². The highest BCUT2D eigenvalue weighted by atomic mass is 16.5. The monoisotopic (exact) mass is 435 g/mol. The molecule has 2 aliphatic rings. The van der Waals surface area contributed by atoms with E-state index in [2.05, 4.69) is 13.8 Å².